The smallest absolute Gasteiger partial charge is 0.273 e. The molecule has 1 amide bonds. The number of rotatable bonds is 8. The second-order valence-electron chi connectivity index (χ2n) is 6.67. The van der Waals surface area contributed by atoms with Crippen LogP contribution in [0, 0.1) is 0 Å². The zero-order chi connectivity index (χ0) is 20.9. The summed E-state index contributed by atoms with van der Waals surface area (Å²) in [7, 11) is 2.94. The lowest BCUT2D eigenvalue weighted by Gasteiger charge is -2.13. The van der Waals surface area contributed by atoms with E-state index in [0.29, 0.717) is 5.56 Å². The van der Waals surface area contributed by atoms with Gasteiger partial charge in [-0.25, -0.2) is 0 Å². The molecule has 1 aliphatic heterocycles. The van der Waals surface area contributed by atoms with Crippen molar-refractivity contribution in [2.75, 3.05) is 14.2 Å². The molecule has 0 radical (unpaired) electrons. The fraction of sp³-hybridized carbons (Fsp3) is 0.318. The van der Waals surface area contributed by atoms with E-state index in [2.05, 4.69) is 15.6 Å². The standard InChI is InChI=1S/C22H25N3O4/c1-15(22(16(2)29-22)18-11-6-5-7-12-18)24-28-14-17-10-8-9-13-19(17)20(25-27-4)21(26)23-3/h5-13,16H,14H2,1-4H3,(H,23,26). The van der Waals surface area contributed by atoms with Crippen molar-refractivity contribution in [2.24, 2.45) is 10.3 Å². The van der Waals surface area contributed by atoms with Gasteiger partial charge in [0.15, 0.2) is 11.3 Å². The molecule has 7 nitrogen and oxygen atoms in total. The molecule has 2 atom stereocenters. The first-order valence-electron chi connectivity index (χ1n) is 9.36. The molecular formula is C22H25N3O4. The predicted molar refractivity (Wildman–Crippen MR) is 111 cm³/mol. The highest BCUT2D eigenvalue weighted by atomic mass is 16.6. The van der Waals surface area contributed by atoms with E-state index in [4.69, 9.17) is 14.4 Å². The Morgan fingerprint density at radius 2 is 1.79 bits per heavy atom. The number of benzene rings is 2. The van der Waals surface area contributed by atoms with Gasteiger partial charge in [-0.15, -0.1) is 0 Å². The van der Waals surface area contributed by atoms with Gasteiger partial charge in [0.2, 0.25) is 0 Å². The number of epoxide rings is 1. The van der Waals surface area contributed by atoms with Gasteiger partial charge in [0.1, 0.15) is 13.7 Å². The molecule has 1 fully saturated rings. The summed E-state index contributed by atoms with van der Waals surface area (Å²) in [4.78, 5) is 22.6. The first-order valence-corrected chi connectivity index (χ1v) is 9.36. The molecule has 152 valence electrons. The van der Waals surface area contributed by atoms with Gasteiger partial charge < -0.3 is 19.7 Å². The maximum Gasteiger partial charge on any atom is 0.273 e. The summed E-state index contributed by atoms with van der Waals surface area (Å²) in [6.07, 6.45) is 0.0261. The molecule has 0 aromatic heterocycles. The second-order valence-corrected chi connectivity index (χ2v) is 6.67. The van der Waals surface area contributed by atoms with Crippen LogP contribution in [0.3, 0.4) is 0 Å². The SMILES string of the molecule is CNC(=O)C(=NOC)c1ccccc1CON=C(C)C1(c2ccccc2)OC1C. The molecule has 1 heterocycles. The van der Waals surface area contributed by atoms with Crippen LogP contribution in [0.5, 0.6) is 0 Å². The minimum Gasteiger partial charge on any atom is -0.398 e. The normalized spacial score (nSPS) is 21.4. The molecule has 0 spiro atoms. The van der Waals surface area contributed by atoms with Crippen LogP contribution in [0.25, 0.3) is 0 Å². The highest BCUT2D eigenvalue weighted by molar-refractivity contribution is 6.45. The average Bonchev–Trinajstić information content (AvgIpc) is 3.45. The molecular weight excluding hydrogens is 370 g/mol. The van der Waals surface area contributed by atoms with Gasteiger partial charge in [-0.05, 0) is 19.4 Å². The van der Waals surface area contributed by atoms with Crippen LogP contribution in [0.2, 0.25) is 0 Å². The number of nitrogens with one attached hydrogen (secondary N) is 1. The summed E-state index contributed by atoms with van der Waals surface area (Å²) in [5.74, 6) is -0.345. The van der Waals surface area contributed by atoms with E-state index in [0.717, 1.165) is 16.8 Å². The van der Waals surface area contributed by atoms with Crippen LogP contribution in [-0.2, 0) is 31.4 Å². The average molecular weight is 395 g/mol. The minimum absolute atomic E-state index is 0.0261. The number of ether oxygens (including phenoxy) is 1. The number of carbonyl (C=O) groups excluding carboxylic acids is 1. The largest absolute Gasteiger partial charge is 0.398 e. The first kappa shape index (κ1) is 20.5. The third kappa shape index (κ3) is 4.14. The van der Waals surface area contributed by atoms with E-state index in [1.807, 2.05) is 62.4 Å². The van der Waals surface area contributed by atoms with Crippen LogP contribution < -0.4 is 5.32 Å². The number of amides is 1. The van der Waals surface area contributed by atoms with E-state index >= 15 is 0 Å². The number of carbonyl (C=O) groups is 1. The van der Waals surface area contributed by atoms with Crippen molar-refractivity contribution in [3.63, 3.8) is 0 Å². The van der Waals surface area contributed by atoms with Gasteiger partial charge in [0.05, 0.1) is 11.8 Å². The van der Waals surface area contributed by atoms with Crippen LogP contribution in [0.15, 0.2) is 64.9 Å². The van der Waals surface area contributed by atoms with Gasteiger partial charge in [-0.1, -0.05) is 64.9 Å². The summed E-state index contributed by atoms with van der Waals surface area (Å²) in [6.45, 7) is 4.08. The molecule has 3 rings (SSSR count). The van der Waals surface area contributed by atoms with Crippen molar-refractivity contribution < 1.29 is 19.2 Å². The van der Waals surface area contributed by atoms with E-state index < -0.39 is 5.60 Å². The fourth-order valence-electron chi connectivity index (χ4n) is 3.39. The van der Waals surface area contributed by atoms with Crippen molar-refractivity contribution in [3.8, 4) is 0 Å². The zero-order valence-electron chi connectivity index (χ0n) is 17.0. The molecule has 29 heavy (non-hydrogen) atoms. The number of nitrogens with zero attached hydrogens (tertiary/aromatic N) is 2. The molecule has 0 saturated carbocycles. The highest BCUT2D eigenvalue weighted by Gasteiger charge is 2.57. The van der Waals surface area contributed by atoms with Gasteiger partial charge in [-0.3, -0.25) is 4.79 Å². The zero-order valence-corrected chi connectivity index (χ0v) is 17.0. The Bertz CT molecular complexity index is 927. The lowest BCUT2D eigenvalue weighted by Crippen LogP contribution is -2.29. The van der Waals surface area contributed by atoms with Crippen molar-refractivity contribution in [2.45, 2.75) is 32.2 Å². The Labute approximate surface area is 170 Å². The van der Waals surface area contributed by atoms with Crippen LogP contribution >= 0.6 is 0 Å². The van der Waals surface area contributed by atoms with Crippen LogP contribution in [-0.4, -0.2) is 37.6 Å². The summed E-state index contributed by atoms with van der Waals surface area (Å²) in [6, 6.07) is 17.3. The Balaban J connectivity index is 1.79. The molecule has 0 bridgehead atoms. The number of likely N-dealkylation sites (N-methyl/N-ethyl adjacent to an activating group) is 1. The van der Waals surface area contributed by atoms with Crippen molar-refractivity contribution in [1.29, 1.82) is 0 Å². The number of hydrogen-bond acceptors (Lipinski definition) is 6. The fourth-order valence-corrected chi connectivity index (χ4v) is 3.39. The van der Waals surface area contributed by atoms with Crippen LogP contribution in [0.4, 0.5) is 0 Å². The van der Waals surface area contributed by atoms with E-state index in [-0.39, 0.29) is 24.3 Å². The maximum atomic E-state index is 12.2. The number of oxime groups is 2. The summed E-state index contributed by atoms with van der Waals surface area (Å²) >= 11 is 0. The van der Waals surface area contributed by atoms with Crippen molar-refractivity contribution >= 4 is 17.3 Å². The van der Waals surface area contributed by atoms with Crippen molar-refractivity contribution in [1.82, 2.24) is 5.32 Å². The topological polar surface area (TPSA) is 84.8 Å². The molecule has 2 aromatic carbocycles. The Kier molecular flexibility index (Phi) is 6.29. The molecule has 2 unspecified atom stereocenters. The first-order chi connectivity index (χ1) is 14.0. The quantitative estimate of drug-likeness (QED) is 0.423. The Morgan fingerprint density at radius 3 is 2.41 bits per heavy atom. The molecule has 1 saturated heterocycles. The lowest BCUT2D eigenvalue weighted by atomic mass is 9.92. The number of hydrogen-bond donors (Lipinski definition) is 1. The molecule has 0 aliphatic carbocycles. The third-order valence-corrected chi connectivity index (χ3v) is 4.94. The highest BCUT2D eigenvalue weighted by Crippen LogP contribution is 2.47. The van der Waals surface area contributed by atoms with Gasteiger partial charge >= 0.3 is 0 Å². The summed E-state index contributed by atoms with van der Waals surface area (Å²) in [5, 5.41) is 10.7. The Morgan fingerprint density at radius 1 is 1.14 bits per heavy atom. The van der Waals surface area contributed by atoms with E-state index in [1.54, 1.807) is 13.1 Å². The van der Waals surface area contributed by atoms with E-state index in [1.165, 1.54) is 7.11 Å². The molecule has 7 heteroatoms. The molecule has 1 N–H and O–H groups in total. The summed E-state index contributed by atoms with van der Waals surface area (Å²) in [5.41, 5.74) is 2.80. The van der Waals surface area contributed by atoms with Gasteiger partial charge in [0, 0.05) is 18.2 Å². The van der Waals surface area contributed by atoms with Gasteiger partial charge in [0.25, 0.3) is 5.91 Å². The molecule has 2 aromatic rings. The predicted octanol–water partition coefficient (Wildman–Crippen LogP) is 2.99. The third-order valence-electron chi connectivity index (χ3n) is 4.94. The second kappa shape index (κ2) is 8.87. The van der Waals surface area contributed by atoms with Crippen LogP contribution in [0.1, 0.15) is 30.5 Å². The summed E-state index contributed by atoms with van der Waals surface area (Å²) < 4.78 is 5.90. The van der Waals surface area contributed by atoms with Gasteiger partial charge in [-0.2, -0.15) is 0 Å². The van der Waals surface area contributed by atoms with Crippen molar-refractivity contribution in [3.05, 3.63) is 71.3 Å². The Hall–Kier alpha value is -3.19. The van der Waals surface area contributed by atoms with E-state index in [9.17, 15) is 4.79 Å². The lowest BCUT2D eigenvalue weighted by molar-refractivity contribution is -0.114. The maximum absolute atomic E-state index is 12.2. The molecule has 1 aliphatic rings. The minimum atomic E-state index is -0.550. The monoisotopic (exact) mass is 395 g/mol.